The number of hydrogen-bond donors (Lipinski definition) is 1. The lowest BCUT2D eigenvalue weighted by Crippen LogP contribution is -2.32. The topological polar surface area (TPSA) is 29.9 Å². The molecule has 1 fully saturated rings. The maximum absolute atomic E-state index is 6.51. The third-order valence-corrected chi connectivity index (χ3v) is 5.18. The molecule has 0 aliphatic heterocycles. The van der Waals surface area contributed by atoms with Crippen LogP contribution in [0.2, 0.25) is 5.02 Å². The Balaban J connectivity index is 2.28. The van der Waals surface area contributed by atoms with Crippen molar-refractivity contribution in [3.8, 4) is 0 Å². The molecule has 21 heavy (non-hydrogen) atoms. The van der Waals surface area contributed by atoms with Gasteiger partial charge >= 0.3 is 0 Å². The van der Waals surface area contributed by atoms with Crippen LogP contribution < -0.4 is 5.32 Å². The van der Waals surface area contributed by atoms with Gasteiger partial charge < -0.3 is 5.32 Å². The molecule has 1 aliphatic rings. The molecule has 3 unspecified atom stereocenters. The molecule has 120 valence electrons. The third kappa shape index (κ3) is 3.81. The molecule has 0 amide bonds. The second kappa shape index (κ2) is 7.64. The highest BCUT2D eigenvalue weighted by molar-refractivity contribution is 6.31. The Morgan fingerprint density at radius 1 is 1.43 bits per heavy atom. The number of hydrogen-bond acceptors (Lipinski definition) is 2. The average Bonchev–Trinajstić information content (AvgIpc) is 2.83. The van der Waals surface area contributed by atoms with Crippen molar-refractivity contribution < 1.29 is 0 Å². The Kier molecular flexibility index (Phi) is 6.12. The number of halogens is 1. The summed E-state index contributed by atoms with van der Waals surface area (Å²) < 4.78 is 2.14. The van der Waals surface area contributed by atoms with Crippen molar-refractivity contribution in [2.45, 2.75) is 64.8 Å². The lowest BCUT2D eigenvalue weighted by molar-refractivity contribution is 0.213. The maximum atomic E-state index is 6.51. The number of aromatic nitrogens is 2. The van der Waals surface area contributed by atoms with Crippen molar-refractivity contribution in [1.82, 2.24) is 15.1 Å². The summed E-state index contributed by atoms with van der Waals surface area (Å²) in [5.74, 6) is 2.06. The zero-order valence-electron chi connectivity index (χ0n) is 13.9. The van der Waals surface area contributed by atoms with Gasteiger partial charge in [0.25, 0.3) is 0 Å². The van der Waals surface area contributed by atoms with Crippen LogP contribution in [0.25, 0.3) is 0 Å². The maximum Gasteiger partial charge on any atom is 0.0820 e. The second-order valence-corrected chi connectivity index (χ2v) is 7.22. The van der Waals surface area contributed by atoms with Gasteiger partial charge in [0.15, 0.2) is 0 Å². The normalized spacial score (nSPS) is 26.5. The van der Waals surface area contributed by atoms with E-state index in [1.807, 2.05) is 6.20 Å². The third-order valence-electron chi connectivity index (χ3n) is 4.89. The van der Waals surface area contributed by atoms with E-state index in [1.165, 1.54) is 37.8 Å². The zero-order valence-corrected chi connectivity index (χ0v) is 14.7. The molecule has 1 saturated carbocycles. The molecule has 2 rings (SSSR count). The molecular weight excluding hydrogens is 282 g/mol. The fourth-order valence-corrected chi connectivity index (χ4v) is 4.21. The van der Waals surface area contributed by atoms with Crippen LogP contribution in [0.15, 0.2) is 6.20 Å². The molecule has 0 bridgehead atoms. The summed E-state index contributed by atoms with van der Waals surface area (Å²) >= 11 is 6.51. The lowest BCUT2D eigenvalue weighted by atomic mass is 9.71. The van der Waals surface area contributed by atoms with Gasteiger partial charge in [0.1, 0.15) is 0 Å². The quantitative estimate of drug-likeness (QED) is 0.829. The SMILES string of the molecule is CCCC1CCC(CNC)C(c2c(Cl)cnn2C(C)C)C1. The van der Waals surface area contributed by atoms with Crippen LogP contribution in [0.3, 0.4) is 0 Å². The average molecular weight is 312 g/mol. The first kappa shape index (κ1) is 16.8. The fraction of sp³-hybridized carbons (Fsp3) is 0.824. The van der Waals surface area contributed by atoms with Crippen molar-refractivity contribution in [2.75, 3.05) is 13.6 Å². The molecule has 0 aromatic carbocycles. The van der Waals surface area contributed by atoms with E-state index in [-0.39, 0.29) is 0 Å². The van der Waals surface area contributed by atoms with Crippen molar-refractivity contribution in [3.63, 3.8) is 0 Å². The van der Waals surface area contributed by atoms with E-state index in [0.29, 0.717) is 17.9 Å². The second-order valence-electron chi connectivity index (χ2n) is 6.81. The summed E-state index contributed by atoms with van der Waals surface area (Å²) in [5.41, 5.74) is 1.27. The van der Waals surface area contributed by atoms with Crippen molar-refractivity contribution in [2.24, 2.45) is 11.8 Å². The number of nitrogens with one attached hydrogen (secondary N) is 1. The van der Waals surface area contributed by atoms with Crippen molar-refractivity contribution >= 4 is 11.6 Å². The highest BCUT2D eigenvalue weighted by Gasteiger charge is 2.34. The van der Waals surface area contributed by atoms with Gasteiger partial charge in [-0.25, -0.2) is 0 Å². The first-order chi connectivity index (χ1) is 10.1. The summed E-state index contributed by atoms with van der Waals surface area (Å²) in [5, 5.41) is 8.75. The van der Waals surface area contributed by atoms with Crippen molar-refractivity contribution in [1.29, 1.82) is 0 Å². The molecule has 3 nitrogen and oxygen atoms in total. The standard InChI is InChI=1S/C17H30ClN3/c1-5-6-13-7-8-14(10-19-4)15(9-13)17-16(18)11-20-21(17)12(2)3/h11-15,19H,5-10H2,1-4H3. The Morgan fingerprint density at radius 2 is 2.19 bits per heavy atom. The molecule has 0 radical (unpaired) electrons. The van der Waals surface area contributed by atoms with Gasteiger partial charge in [-0.1, -0.05) is 37.8 Å². The largest absolute Gasteiger partial charge is 0.319 e. The van der Waals surface area contributed by atoms with Crippen molar-refractivity contribution in [3.05, 3.63) is 16.9 Å². The molecule has 0 saturated heterocycles. The molecule has 1 N–H and O–H groups in total. The molecule has 1 heterocycles. The Bertz CT molecular complexity index is 441. The van der Waals surface area contributed by atoms with E-state index < -0.39 is 0 Å². The summed E-state index contributed by atoms with van der Waals surface area (Å²) in [6.07, 6.45) is 8.39. The van der Waals surface area contributed by atoms with E-state index in [2.05, 4.69) is 42.9 Å². The lowest BCUT2D eigenvalue weighted by Gasteiger charge is -2.37. The van der Waals surface area contributed by atoms with Crippen LogP contribution in [0.4, 0.5) is 0 Å². The predicted molar refractivity (Wildman–Crippen MR) is 90.0 cm³/mol. The smallest absolute Gasteiger partial charge is 0.0820 e. The van der Waals surface area contributed by atoms with Gasteiger partial charge in [-0.3, -0.25) is 4.68 Å². The van der Waals surface area contributed by atoms with Crippen LogP contribution >= 0.6 is 11.6 Å². The van der Waals surface area contributed by atoms with E-state index in [0.717, 1.165) is 17.5 Å². The van der Waals surface area contributed by atoms with Crippen LogP contribution in [0.1, 0.15) is 70.5 Å². The molecular formula is C17H30ClN3. The van der Waals surface area contributed by atoms with E-state index in [4.69, 9.17) is 11.6 Å². The highest BCUT2D eigenvalue weighted by atomic mass is 35.5. The highest BCUT2D eigenvalue weighted by Crippen LogP contribution is 2.44. The van der Waals surface area contributed by atoms with Crippen LogP contribution in [-0.4, -0.2) is 23.4 Å². The van der Waals surface area contributed by atoms with Gasteiger partial charge in [-0.05, 0) is 52.1 Å². The van der Waals surface area contributed by atoms with Gasteiger partial charge in [-0.15, -0.1) is 0 Å². The molecule has 3 atom stereocenters. The monoisotopic (exact) mass is 311 g/mol. The van der Waals surface area contributed by atoms with Gasteiger partial charge in [-0.2, -0.15) is 5.10 Å². The molecule has 1 aliphatic carbocycles. The predicted octanol–water partition coefficient (Wildman–Crippen LogP) is 4.64. The first-order valence-corrected chi connectivity index (χ1v) is 8.83. The van der Waals surface area contributed by atoms with Gasteiger partial charge in [0.05, 0.1) is 16.9 Å². The Morgan fingerprint density at radius 3 is 2.81 bits per heavy atom. The van der Waals surface area contributed by atoms with E-state index in [9.17, 15) is 0 Å². The van der Waals surface area contributed by atoms with Gasteiger partial charge in [0, 0.05) is 12.0 Å². The van der Waals surface area contributed by atoms with Crippen LogP contribution in [0.5, 0.6) is 0 Å². The first-order valence-electron chi connectivity index (χ1n) is 8.45. The van der Waals surface area contributed by atoms with Crippen LogP contribution in [-0.2, 0) is 0 Å². The molecule has 1 aromatic rings. The minimum atomic E-state index is 0.370. The molecule has 4 heteroatoms. The van der Waals surface area contributed by atoms with E-state index in [1.54, 1.807) is 0 Å². The summed E-state index contributed by atoms with van der Waals surface area (Å²) in [4.78, 5) is 0. The number of rotatable bonds is 6. The summed E-state index contributed by atoms with van der Waals surface area (Å²) in [6.45, 7) is 7.74. The Labute approximate surface area is 134 Å². The summed E-state index contributed by atoms with van der Waals surface area (Å²) in [7, 11) is 2.05. The minimum Gasteiger partial charge on any atom is -0.319 e. The van der Waals surface area contributed by atoms with E-state index >= 15 is 0 Å². The molecule has 0 spiro atoms. The van der Waals surface area contributed by atoms with Crippen LogP contribution in [0, 0.1) is 11.8 Å². The van der Waals surface area contributed by atoms with Gasteiger partial charge in [0.2, 0.25) is 0 Å². The minimum absolute atomic E-state index is 0.370. The fourth-order valence-electron chi connectivity index (χ4n) is 3.94. The molecule has 1 aromatic heterocycles. The zero-order chi connectivity index (χ0) is 15.4. The number of nitrogens with zero attached hydrogens (tertiary/aromatic N) is 2. The summed E-state index contributed by atoms with van der Waals surface area (Å²) in [6, 6.07) is 0.370. The Hall–Kier alpha value is -0.540.